The summed E-state index contributed by atoms with van der Waals surface area (Å²) in [6.07, 6.45) is 6.44. The van der Waals surface area contributed by atoms with Crippen LogP contribution in [0.15, 0.2) is 12.4 Å². The SMILES string of the molecule is [Re].[Re].[c-]1c[c-]ncn1. The van der Waals surface area contributed by atoms with Gasteiger partial charge in [0, 0.05) is 40.8 Å². The molecule has 4 heteroatoms. The summed E-state index contributed by atoms with van der Waals surface area (Å²) in [4.78, 5) is 7.03. The molecule has 1 aromatic rings. The predicted molar refractivity (Wildman–Crippen MR) is 19.7 cm³/mol. The van der Waals surface area contributed by atoms with Crippen molar-refractivity contribution in [1.82, 2.24) is 9.97 Å². The van der Waals surface area contributed by atoms with Gasteiger partial charge in [-0.15, -0.1) is 6.33 Å². The van der Waals surface area contributed by atoms with Gasteiger partial charge in [-0.05, 0) is 0 Å². The number of aromatic nitrogens is 2. The maximum Gasteiger partial charge on any atom is 0 e. The molecule has 1 rings (SSSR count). The summed E-state index contributed by atoms with van der Waals surface area (Å²) in [5.41, 5.74) is 0. The first kappa shape index (κ1) is 11.2. The van der Waals surface area contributed by atoms with Gasteiger partial charge in [0.15, 0.2) is 0 Å². The second-order valence-corrected chi connectivity index (χ2v) is 0.776. The molecule has 0 aliphatic carbocycles. The van der Waals surface area contributed by atoms with E-state index in [1.54, 1.807) is 0 Å². The number of rotatable bonds is 0. The smallest absolute Gasteiger partial charge is 0 e. The third-order valence-corrected chi connectivity index (χ3v) is 0.394. The van der Waals surface area contributed by atoms with Crippen LogP contribution in [0.4, 0.5) is 0 Å². The first-order chi connectivity index (χ1) is 3.00. The van der Waals surface area contributed by atoms with E-state index in [1.165, 1.54) is 12.4 Å². The van der Waals surface area contributed by atoms with Crippen LogP contribution in [-0.2, 0) is 40.8 Å². The Bertz CT molecular complexity index is 84.0. The maximum absolute atomic E-state index is 3.52. The van der Waals surface area contributed by atoms with Gasteiger partial charge in [-0.1, -0.05) is 0 Å². The molecule has 0 saturated carbocycles. The summed E-state index contributed by atoms with van der Waals surface area (Å²) in [6, 6.07) is 1.53. The van der Waals surface area contributed by atoms with Gasteiger partial charge in [-0.2, -0.15) is 0 Å². The fourth-order valence-corrected chi connectivity index (χ4v) is 0.199. The van der Waals surface area contributed by atoms with Gasteiger partial charge in [0.05, 0.1) is 0 Å². The fourth-order valence-electron chi connectivity index (χ4n) is 0.199. The normalized spacial score (nSPS) is 6.00. The van der Waals surface area contributed by atoms with Crippen molar-refractivity contribution in [3.8, 4) is 0 Å². The fraction of sp³-hybridized carbons (Fsp3) is 0. The number of hydrogen-bond acceptors (Lipinski definition) is 2. The zero-order chi connectivity index (χ0) is 4.24. The molecular weight excluding hydrogens is 448 g/mol. The first-order valence-electron chi connectivity index (χ1n) is 1.54. The van der Waals surface area contributed by atoms with E-state index in [-0.39, 0.29) is 40.8 Å². The molecule has 0 saturated heterocycles. The largest absolute Gasteiger partial charge is 0.512 e. The average molecular weight is 450 g/mol. The van der Waals surface area contributed by atoms with Crippen molar-refractivity contribution in [2.24, 2.45) is 0 Å². The molecule has 1 heterocycles. The van der Waals surface area contributed by atoms with E-state index in [2.05, 4.69) is 22.4 Å². The number of nitrogens with zero attached hydrogens (tertiary/aromatic N) is 2. The van der Waals surface area contributed by atoms with Crippen molar-refractivity contribution in [3.63, 3.8) is 0 Å². The average Bonchev–Trinajstić information content (AvgIpc) is 1.72. The van der Waals surface area contributed by atoms with Crippen molar-refractivity contribution in [2.45, 2.75) is 0 Å². The monoisotopic (exact) mass is 452 g/mol. The Hall–Kier alpha value is 0.405. The molecule has 0 N–H and O–H groups in total. The third-order valence-electron chi connectivity index (χ3n) is 0.394. The van der Waals surface area contributed by atoms with Gasteiger partial charge in [-0.3, -0.25) is 18.5 Å². The van der Waals surface area contributed by atoms with E-state index in [0.717, 1.165) is 0 Å². The molecule has 0 aliphatic rings. The van der Waals surface area contributed by atoms with Gasteiger partial charge in [-0.25, -0.2) is 0 Å². The second kappa shape index (κ2) is 7.40. The number of hydrogen-bond donors (Lipinski definition) is 0. The van der Waals surface area contributed by atoms with Crippen LogP contribution in [0.25, 0.3) is 0 Å². The van der Waals surface area contributed by atoms with Crippen LogP contribution >= 0.6 is 0 Å². The first-order valence-corrected chi connectivity index (χ1v) is 1.54. The minimum atomic E-state index is 0. The maximum atomic E-state index is 3.52. The Morgan fingerprint density at radius 2 is 1.50 bits per heavy atom. The van der Waals surface area contributed by atoms with Crippen LogP contribution in [0.2, 0.25) is 0 Å². The summed E-state index contributed by atoms with van der Waals surface area (Å²) < 4.78 is 0. The van der Waals surface area contributed by atoms with Crippen LogP contribution in [-0.4, -0.2) is 9.97 Å². The molecule has 0 aliphatic heterocycles. The van der Waals surface area contributed by atoms with Crippen LogP contribution in [0.5, 0.6) is 0 Å². The molecule has 1 aromatic heterocycles. The Labute approximate surface area is 75.4 Å². The van der Waals surface area contributed by atoms with Crippen molar-refractivity contribution in [2.75, 3.05) is 0 Å². The summed E-state index contributed by atoms with van der Waals surface area (Å²) in [6.45, 7) is 0. The van der Waals surface area contributed by atoms with Crippen LogP contribution < -0.4 is 0 Å². The Morgan fingerprint density at radius 1 is 1.00 bits per heavy atom. The third kappa shape index (κ3) is 4.56. The summed E-state index contributed by atoms with van der Waals surface area (Å²) >= 11 is 0. The Kier molecular flexibility index (Phi) is 10.4. The Morgan fingerprint density at radius 3 is 1.62 bits per heavy atom. The van der Waals surface area contributed by atoms with Crippen molar-refractivity contribution >= 4 is 0 Å². The molecule has 0 aromatic carbocycles. The molecule has 0 amide bonds. The topological polar surface area (TPSA) is 25.8 Å². The molecule has 2 radical (unpaired) electrons. The standard InChI is InChI=1S/C4H2N2.2Re/c1-2-5-4-6-3-1;;/h1,4H;;/q-2;;. The van der Waals surface area contributed by atoms with Gasteiger partial charge in [0.25, 0.3) is 0 Å². The molecule has 2 nitrogen and oxygen atoms in total. The predicted octanol–water partition coefficient (Wildman–Crippen LogP) is 0.0720. The zero-order valence-corrected chi connectivity index (χ0v) is 9.24. The van der Waals surface area contributed by atoms with Crippen LogP contribution in [0.1, 0.15) is 0 Å². The van der Waals surface area contributed by atoms with E-state index in [0.29, 0.717) is 0 Å². The van der Waals surface area contributed by atoms with E-state index in [4.69, 9.17) is 0 Å². The van der Waals surface area contributed by atoms with Crippen molar-refractivity contribution < 1.29 is 40.8 Å². The van der Waals surface area contributed by atoms with Gasteiger partial charge >= 0.3 is 0 Å². The summed E-state index contributed by atoms with van der Waals surface area (Å²) in [5.74, 6) is 0. The molecule has 0 spiro atoms. The van der Waals surface area contributed by atoms with Crippen molar-refractivity contribution in [3.05, 3.63) is 24.8 Å². The molecule has 0 fully saturated rings. The van der Waals surface area contributed by atoms with Gasteiger partial charge < -0.3 is 9.97 Å². The molecular formula is C4H2N2Re2-2. The zero-order valence-electron chi connectivity index (χ0n) is 3.81. The van der Waals surface area contributed by atoms with E-state index in [1.807, 2.05) is 0 Å². The molecule has 8 heavy (non-hydrogen) atoms. The molecule has 0 atom stereocenters. The van der Waals surface area contributed by atoms with E-state index in [9.17, 15) is 0 Å². The Balaban J connectivity index is 0. The van der Waals surface area contributed by atoms with Crippen LogP contribution in [0, 0.1) is 12.4 Å². The minimum Gasteiger partial charge on any atom is -0.512 e. The van der Waals surface area contributed by atoms with Crippen molar-refractivity contribution in [1.29, 1.82) is 0 Å². The van der Waals surface area contributed by atoms with Crippen LogP contribution in [0.3, 0.4) is 0 Å². The molecule has 0 unspecified atom stereocenters. The van der Waals surface area contributed by atoms with Gasteiger partial charge in [0.2, 0.25) is 0 Å². The molecule has 0 bridgehead atoms. The molecule has 44 valence electrons. The van der Waals surface area contributed by atoms with E-state index < -0.39 is 0 Å². The van der Waals surface area contributed by atoms with Gasteiger partial charge in [0.1, 0.15) is 0 Å². The summed E-state index contributed by atoms with van der Waals surface area (Å²) in [7, 11) is 0. The quantitative estimate of drug-likeness (QED) is 0.523. The van der Waals surface area contributed by atoms with E-state index >= 15 is 0 Å². The summed E-state index contributed by atoms with van der Waals surface area (Å²) in [5, 5.41) is 0. The minimum absolute atomic E-state index is 0. The second-order valence-electron chi connectivity index (χ2n) is 0.776.